The van der Waals surface area contributed by atoms with Gasteiger partial charge in [0.25, 0.3) is 0 Å². The second-order valence-corrected chi connectivity index (χ2v) is 9.67. The Morgan fingerprint density at radius 2 is 1.82 bits per heavy atom. The Bertz CT molecular complexity index is 1300. The van der Waals surface area contributed by atoms with Gasteiger partial charge in [0.2, 0.25) is 5.91 Å². The quantitative estimate of drug-likeness (QED) is 0.312. The Morgan fingerprint density at radius 1 is 1.13 bits per heavy atom. The first-order chi connectivity index (χ1) is 18.4. The fraction of sp³-hybridized carbons (Fsp3) is 0.276. The number of hydrogen-bond acceptors (Lipinski definition) is 8. The Labute approximate surface area is 227 Å². The van der Waals surface area contributed by atoms with E-state index in [0.717, 1.165) is 16.8 Å². The van der Waals surface area contributed by atoms with E-state index in [0.29, 0.717) is 34.5 Å². The van der Waals surface area contributed by atoms with Crippen LogP contribution in [0, 0.1) is 0 Å². The third-order valence-corrected chi connectivity index (χ3v) is 7.15. The lowest BCUT2D eigenvalue weighted by Crippen LogP contribution is -2.38. The standard InChI is InChI=1S/C29H31N3O5S/c1-6-12-37-28(34)26-19(2)30-29-32(27(26)21-13-23(35-4)16-24(14-21)36-5)22(18-38-29)15-25(33)31(3)17-20-10-8-7-9-11-20/h6-11,13-14,16,18,27H,1,12,15,17H2,2-5H3/t27-/m1/s1. The van der Waals surface area contributed by atoms with Crippen molar-refractivity contribution in [1.29, 1.82) is 0 Å². The van der Waals surface area contributed by atoms with Gasteiger partial charge in [-0.15, -0.1) is 0 Å². The molecule has 2 aromatic rings. The minimum Gasteiger partial charge on any atom is -0.497 e. The predicted octanol–water partition coefficient (Wildman–Crippen LogP) is 5.06. The zero-order valence-corrected chi connectivity index (χ0v) is 22.8. The summed E-state index contributed by atoms with van der Waals surface area (Å²) in [4.78, 5) is 34.9. The minimum atomic E-state index is -0.600. The third-order valence-electron chi connectivity index (χ3n) is 6.26. The first kappa shape index (κ1) is 27.1. The van der Waals surface area contributed by atoms with Crippen molar-refractivity contribution >= 4 is 28.8 Å². The number of amides is 1. The average Bonchev–Trinajstić information content (AvgIpc) is 3.32. The lowest BCUT2D eigenvalue weighted by atomic mass is 9.93. The lowest BCUT2D eigenvalue weighted by molar-refractivity contribution is -0.138. The molecule has 8 nitrogen and oxygen atoms in total. The second kappa shape index (κ2) is 12.0. The minimum absolute atomic E-state index is 0.0500. The fourth-order valence-corrected chi connectivity index (χ4v) is 5.35. The summed E-state index contributed by atoms with van der Waals surface area (Å²) in [5.74, 6) is 0.610. The van der Waals surface area contributed by atoms with Gasteiger partial charge in [-0.05, 0) is 35.6 Å². The SMILES string of the molecule is C=CCOC(=O)C1=C(C)N=C2SC=C(CC(=O)N(C)Cc3ccccc3)N2[C@@H]1c1cc(OC)cc(OC)c1. The summed E-state index contributed by atoms with van der Waals surface area (Å²) in [5.41, 5.74) is 3.46. The van der Waals surface area contributed by atoms with Crippen LogP contribution in [-0.4, -0.2) is 54.7 Å². The highest BCUT2D eigenvalue weighted by atomic mass is 32.2. The number of thioether (sulfide) groups is 1. The first-order valence-electron chi connectivity index (χ1n) is 12.1. The highest BCUT2D eigenvalue weighted by molar-refractivity contribution is 8.16. The highest BCUT2D eigenvalue weighted by Gasteiger charge is 2.41. The molecule has 2 aliphatic rings. The second-order valence-electron chi connectivity index (χ2n) is 8.84. The van der Waals surface area contributed by atoms with Crippen LogP contribution >= 0.6 is 11.8 Å². The molecule has 0 bridgehead atoms. The van der Waals surface area contributed by atoms with E-state index in [1.807, 2.05) is 52.8 Å². The van der Waals surface area contributed by atoms with E-state index >= 15 is 0 Å². The smallest absolute Gasteiger partial charge is 0.338 e. The molecule has 2 aromatic carbocycles. The summed E-state index contributed by atoms with van der Waals surface area (Å²) in [6.45, 7) is 6.00. The number of aliphatic imine (C=N–C) groups is 1. The number of carbonyl (C=O) groups is 2. The van der Waals surface area contributed by atoms with Crippen molar-refractivity contribution in [3.63, 3.8) is 0 Å². The summed E-state index contributed by atoms with van der Waals surface area (Å²) < 4.78 is 16.5. The number of amidine groups is 1. The van der Waals surface area contributed by atoms with Crippen LogP contribution in [0.4, 0.5) is 0 Å². The number of methoxy groups -OCH3 is 2. The Morgan fingerprint density at radius 3 is 2.45 bits per heavy atom. The summed E-state index contributed by atoms with van der Waals surface area (Å²) >= 11 is 1.42. The van der Waals surface area contributed by atoms with Crippen molar-refractivity contribution < 1.29 is 23.8 Å². The summed E-state index contributed by atoms with van der Waals surface area (Å²) in [5, 5.41) is 2.60. The maximum absolute atomic E-state index is 13.3. The molecule has 0 N–H and O–H groups in total. The van der Waals surface area contributed by atoms with Crippen LogP contribution in [0.5, 0.6) is 11.5 Å². The molecular weight excluding hydrogens is 502 g/mol. The number of esters is 1. The molecule has 0 spiro atoms. The molecule has 0 radical (unpaired) electrons. The van der Waals surface area contributed by atoms with Crippen LogP contribution in [0.25, 0.3) is 0 Å². The van der Waals surface area contributed by atoms with Gasteiger partial charge in [0, 0.05) is 25.4 Å². The molecule has 0 saturated carbocycles. The molecule has 1 amide bonds. The summed E-state index contributed by atoms with van der Waals surface area (Å²) in [6, 6.07) is 14.7. The van der Waals surface area contributed by atoms with Gasteiger partial charge >= 0.3 is 5.97 Å². The number of hydrogen-bond donors (Lipinski definition) is 0. The molecule has 0 fully saturated rings. The molecule has 2 aliphatic heterocycles. The van der Waals surface area contributed by atoms with Gasteiger partial charge in [-0.2, -0.15) is 0 Å². The number of benzene rings is 2. The predicted molar refractivity (Wildman–Crippen MR) is 149 cm³/mol. The molecule has 1 atom stereocenters. The number of fused-ring (bicyclic) bond motifs is 1. The monoisotopic (exact) mass is 533 g/mol. The Balaban J connectivity index is 1.70. The zero-order valence-electron chi connectivity index (χ0n) is 22.0. The van der Waals surface area contributed by atoms with Gasteiger partial charge in [0.15, 0.2) is 5.17 Å². The lowest BCUT2D eigenvalue weighted by Gasteiger charge is -2.36. The van der Waals surface area contributed by atoms with E-state index in [-0.39, 0.29) is 18.9 Å². The molecule has 0 unspecified atom stereocenters. The molecule has 38 heavy (non-hydrogen) atoms. The molecule has 0 saturated heterocycles. The molecule has 2 heterocycles. The number of carbonyl (C=O) groups excluding carboxylic acids is 2. The summed E-state index contributed by atoms with van der Waals surface area (Å²) in [6.07, 6.45) is 1.66. The normalized spacial score (nSPS) is 16.3. The van der Waals surface area contributed by atoms with Crippen molar-refractivity contribution in [2.75, 3.05) is 27.9 Å². The van der Waals surface area contributed by atoms with Gasteiger partial charge in [-0.3, -0.25) is 4.79 Å². The Hall–Kier alpha value is -3.98. The summed E-state index contributed by atoms with van der Waals surface area (Å²) in [7, 11) is 4.94. The fourth-order valence-electron chi connectivity index (χ4n) is 4.38. The zero-order chi connectivity index (χ0) is 27.2. The number of ether oxygens (including phenoxy) is 3. The van der Waals surface area contributed by atoms with E-state index < -0.39 is 12.0 Å². The van der Waals surface area contributed by atoms with Crippen LogP contribution in [-0.2, 0) is 20.9 Å². The van der Waals surface area contributed by atoms with Crippen molar-refractivity contribution in [2.24, 2.45) is 4.99 Å². The number of nitrogens with zero attached hydrogens (tertiary/aromatic N) is 3. The van der Waals surface area contributed by atoms with Crippen LogP contribution in [0.15, 0.2) is 88.6 Å². The van der Waals surface area contributed by atoms with E-state index in [4.69, 9.17) is 19.2 Å². The van der Waals surface area contributed by atoms with E-state index in [1.54, 1.807) is 39.2 Å². The van der Waals surface area contributed by atoms with Crippen molar-refractivity contribution in [3.8, 4) is 11.5 Å². The van der Waals surface area contributed by atoms with Crippen LogP contribution in [0.2, 0.25) is 0 Å². The van der Waals surface area contributed by atoms with Crippen LogP contribution < -0.4 is 9.47 Å². The third kappa shape index (κ3) is 5.78. The number of rotatable bonds is 10. The maximum Gasteiger partial charge on any atom is 0.338 e. The van der Waals surface area contributed by atoms with E-state index in [1.165, 1.54) is 17.8 Å². The van der Waals surface area contributed by atoms with Gasteiger partial charge in [0.1, 0.15) is 18.1 Å². The molecular formula is C29H31N3O5S. The average molecular weight is 534 g/mol. The highest BCUT2D eigenvalue weighted by Crippen LogP contribution is 2.46. The number of allylic oxidation sites excluding steroid dienone is 1. The van der Waals surface area contributed by atoms with Gasteiger partial charge in [0.05, 0.1) is 38.0 Å². The molecule has 4 rings (SSSR count). The topological polar surface area (TPSA) is 80.7 Å². The van der Waals surface area contributed by atoms with E-state index in [9.17, 15) is 9.59 Å². The van der Waals surface area contributed by atoms with Gasteiger partial charge in [-0.1, -0.05) is 54.7 Å². The largest absolute Gasteiger partial charge is 0.497 e. The Kier molecular flexibility index (Phi) is 8.58. The molecule has 9 heteroatoms. The van der Waals surface area contributed by atoms with Crippen molar-refractivity contribution in [1.82, 2.24) is 9.80 Å². The van der Waals surface area contributed by atoms with E-state index in [2.05, 4.69) is 6.58 Å². The molecule has 198 valence electrons. The molecule has 0 aromatic heterocycles. The van der Waals surface area contributed by atoms with Crippen LogP contribution in [0.1, 0.15) is 30.5 Å². The van der Waals surface area contributed by atoms with Crippen molar-refractivity contribution in [3.05, 3.63) is 94.7 Å². The molecule has 0 aliphatic carbocycles. The van der Waals surface area contributed by atoms with Crippen LogP contribution in [0.3, 0.4) is 0 Å². The van der Waals surface area contributed by atoms with Gasteiger partial charge in [-0.25, -0.2) is 9.79 Å². The maximum atomic E-state index is 13.3. The van der Waals surface area contributed by atoms with Crippen molar-refractivity contribution in [2.45, 2.75) is 25.9 Å². The van der Waals surface area contributed by atoms with Gasteiger partial charge < -0.3 is 24.0 Å². The first-order valence-corrected chi connectivity index (χ1v) is 13.0.